The van der Waals surface area contributed by atoms with Crippen molar-refractivity contribution >= 4 is 21.4 Å². The van der Waals surface area contributed by atoms with E-state index in [1.165, 1.54) is 23.5 Å². The molecule has 2 N–H and O–H groups in total. The fourth-order valence-electron chi connectivity index (χ4n) is 2.77. The number of furan rings is 1. The van der Waals surface area contributed by atoms with Crippen LogP contribution >= 0.6 is 11.3 Å². The molecule has 1 aliphatic rings. The number of benzene rings is 1. The van der Waals surface area contributed by atoms with E-state index in [2.05, 4.69) is 4.72 Å². The number of hydrogen-bond donors (Lipinski definition) is 2. The van der Waals surface area contributed by atoms with Crippen molar-refractivity contribution in [1.82, 2.24) is 4.72 Å². The maximum atomic E-state index is 12.6. The number of aliphatic hydroxyl groups is 1. The van der Waals surface area contributed by atoms with Gasteiger partial charge in [-0.05, 0) is 36.4 Å². The number of ether oxygens (including phenoxy) is 2. The number of thiophene rings is 1. The molecule has 1 aliphatic heterocycles. The lowest BCUT2D eigenvalue weighted by molar-refractivity contribution is 0.186. The number of aliphatic hydroxyl groups excluding tert-OH is 1. The zero-order valence-corrected chi connectivity index (χ0v) is 16.5. The lowest BCUT2D eigenvalue weighted by Gasteiger charge is -2.13. The van der Waals surface area contributed by atoms with Gasteiger partial charge in [0.25, 0.3) is 0 Å². The van der Waals surface area contributed by atoms with Gasteiger partial charge in [0.05, 0.1) is 29.2 Å². The Kier molecular flexibility index (Phi) is 5.40. The van der Waals surface area contributed by atoms with E-state index in [9.17, 15) is 13.5 Å². The van der Waals surface area contributed by atoms with Gasteiger partial charge in [-0.3, -0.25) is 0 Å². The molecule has 0 fully saturated rings. The van der Waals surface area contributed by atoms with Crippen molar-refractivity contribution in [3.8, 4) is 22.1 Å². The molecule has 0 amide bonds. The molecule has 0 spiro atoms. The standard InChI is InChI=1S/C19H19NO6S2/c21-14(18-6-7-19(27-18)16-3-1-8-25-16)12-20-28(22,23)13-4-5-15-17(11-13)26-10-2-9-24-15/h1,3-8,11,14,20-21H,2,9-10,12H2. The van der Waals surface area contributed by atoms with E-state index in [0.717, 1.165) is 11.3 Å². The van der Waals surface area contributed by atoms with Crippen LogP contribution in [0.25, 0.3) is 10.6 Å². The van der Waals surface area contributed by atoms with E-state index >= 15 is 0 Å². The predicted molar refractivity (Wildman–Crippen MR) is 104 cm³/mol. The van der Waals surface area contributed by atoms with Crippen LogP contribution in [0.4, 0.5) is 0 Å². The van der Waals surface area contributed by atoms with Crippen molar-refractivity contribution in [3.05, 3.63) is 53.6 Å². The Bertz CT molecular complexity index is 1040. The van der Waals surface area contributed by atoms with Crippen molar-refractivity contribution < 1.29 is 27.4 Å². The molecule has 0 bridgehead atoms. The van der Waals surface area contributed by atoms with Crippen molar-refractivity contribution in [2.24, 2.45) is 0 Å². The summed E-state index contributed by atoms with van der Waals surface area (Å²) in [5.41, 5.74) is 0. The van der Waals surface area contributed by atoms with Gasteiger partial charge in [-0.1, -0.05) is 0 Å². The third-order valence-electron chi connectivity index (χ3n) is 4.22. The Labute approximate surface area is 166 Å². The first kappa shape index (κ1) is 19.0. The number of sulfonamides is 1. The second kappa shape index (κ2) is 7.96. The van der Waals surface area contributed by atoms with Gasteiger partial charge in [0, 0.05) is 23.9 Å². The Morgan fingerprint density at radius 1 is 1.11 bits per heavy atom. The van der Waals surface area contributed by atoms with E-state index in [4.69, 9.17) is 13.9 Å². The largest absolute Gasteiger partial charge is 0.490 e. The minimum absolute atomic E-state index is 0.0615. The zero-order chi connectivity index (χ0) is 19.6. The zero-order valence-electron chi connectivity index (χ0n) is 14.8. The first-order valence-electron chi connectivity index (χ1n) is 8.74. The van der Waals surface area contributed by atoms with Crippen LogP contribution in [0.15, 0.2) is 58.0 Å². The number of fused-ring (bicyclic) bond motifs is 1. The summed E-state index contributed by atoms with van der Waals surface area (Å²) in [5, 5.41) is 10.4. The summed E-state index contributed by atoms with van der Waals surface area (Å²) in [7, 11) is -3.80. The average Bonchev–Trinajstić information content (AvgIpc) is 3.33. The van der Waals surface area contributed by atoms with Gasteiger partial charge in [0.2, 0.25) is 10.0 Å². The third-order valence-corrected chi connectivity index (χ3v) is 6.84. The molecule has 0 saturated heterocycles. The van der Waals surface area contributed by atoms with E-state index in [1.807, 2.05) is 12.1 Å². The van der Waals surface area contributed by atoms with Crippen LogP contribution in [0.5, 0.6) is 11.5 Å². The van der Waals surface area contributed by atoms with Gasteiger partial charge >= 0.3 is 0 Å². The number of hydrogen-bond acceptors (Lipinski definition) is 7. The maximum Gasteiger partial charge on any atom is 0.240 e. The summed E-state index contributed by atoms with van der Waals surface area (Å²) in [6.45, 7) is 0.859. The lowest BCUT2D eigenvalue weighted by atomic mass is 10.3. The molecule has 9 heteroatoms. The number of nitrogens with one attached hydrogen (secondary N) is 1. The SMILES string of the molecule is O=S(=O)(NCC(O)c1ccc(-c2ccco2)s1)c1ccc2c(c1)OCCCO2. The second-order valence-corrected chi connectivity index (χ2v) is 9.09. The molecule has 1 atom stereocenters. The fourth-order valence-corrected chi connectivity index (χ4v) is 4.78. The fraction of sp³-hybridized carbons (Fsp3) is 0.263. The third kappa shape index (κ3) is 4.07. The number of rotatable bonds is 6. The molecule has 0 aliphatic carbocycles. The van der Waals surface area contributed by atoms with E-state index in [0.29, 0.717) is 35.4 Å². The van der Waals surface area contributed by atoms with Gasteiger partial charge < -0.3 is 19.0 Å². The van der Waals surface area contributed by atoms with Crippen LogP contribution < -0.4 is 14.2 Å². The Balaban J connectivity index is 1.44. The van der Waals surface area contributed by atoms with Gasteiger partial charge in [0.1, 0.15) is 11.9 Å². The smallest absolute Gasteiger partial charge is 0.240 e. The van der Waals surface area contributed by atoms with E-state index in [1.54, 1.807) is 24.5 Å². The molecule has 28 heavy (non-hydrogen) atoms. The van der Waals surface area contributed by atoms with Crippen LogP contribution in [0.3, 0.4) is 0 Å². The first-order chi connectivity index (χ1) is 13.5. The summed E-state index contributed by atoms with van der Waals surface area (Å²) in [6.07, 6.45) is 1.35. The van der Waals surface area contributed by atoms with Crippen LogP contribution in [-0.4, -0.2) is 33.3 Å². The summed E-state index contributed by atoms with van der Waals surface area (Å²) in [5.74, 6) is 1.64. The topological polar surface area (TPSA) is 98.0 Å². The Morgan fingerprint density at radius 2 is 1.93 bits per heavy atom. The molecule has 3 aromatic rings. The molecule has 7 nitrogen and oxygen atoms in total. The van der Waals surface area contributed by atoms with Gasteiger partial charge in [-0.25, -0.2) is 13.1 Å². The molecule has 148 valence electrons. The van der Waals surface area contributed by atoms with Gasteiger partial charge in [-0.2, -0.15) is 0 Å². The molecular formula is C19H19NO6S2. The maximum absolute atomic E-state index is 12.6. The predicted octanol–water partition coefficient (Wildman–Crippen LogP) is 3.18. The molecule has 1 unspecified atom stereocenters. The lowest BCUT2D eigenvalue weighted by Crippen LogP contribution is -2.28. The normalized spacial score (nSPS) is 15.2. The highest BCUT2D eigenvalue weighted by Crippen LogP contribution is 2.33. The van der Waals surface area contributed by atoms with Crippen molar-refractivity contribution in [2.75, 3.05) is 19.8 Å². The average molecular weight is 421 g/mol. The van der Waals surface area contributed by atoms with E-state index in [-0.39, 0.29) is 11.4 Å². The van der Waals surface area contributed by atoms with Crippen LogP contribution in [-0.2, 0) is 10.0 Å². The van der Waals surface area contributed by atoms with Crippen molar-refractivity contribution in [1.29, 1.82) is 0 Å². The molecule has 1 aromatic carbocycles. The van der Waals surface area contributed by atoms with Crippen molar-refractivity contribution in [3.63, 3.8) is 0 Å². The molecule has 0 radical (unpaired) electrons. The summed E-state index contributed by atoms with van der Waals surface area (Å²) in [4.78, 5) is 1.57. The minimum Gasteiger partial charge on any atom is -0.490 e. The molecular weight excluding hydrogens is 402 g/mol. The molecule has 4 rings (SSSR count). The van der Waals surface area contributed by atoms with E-state index < -0.39 is 16.1 Å². The Hall–Kier alpha value is -2.33. The van der Waals surface area contributed by atoms with Crippen LogP contribution in [0.2, 0.25) is 0 Å². The first-order valence-corrected chi connectivity index (χ1v) is 11.0. The highest BCUT2D eigenvalue weighted by molar-refractivity contribution is 7.89. The van der Waals surface area contributed by atoms with Crippen LogP contribution in [0, 0.1) is 0 Å². The minimum atomic E-state index is -3.80. The van der Waals surface area contributed by atoms with Crippen LogP contribution in [0.1, 0.15) is 17.4 Å². The van der Waals surface area contributed by atoms with Gasteiger partial charge in [0.15, 0.2) is 11.5 Å². The van der Waals surface area contributed by atoms with Crippen molar-refractivity contribution in [2.45, 2.75) is 17.4 Å². The highest BCUT2D eigenvalue weighted by atomic mass is 32.2. The Morgan fingerprint density at radius 3 is 2.71 bits per heavy atom. The monoisotopic (exact) mass is 421 g/mol. The highest BCUT2D eigenvalue weighted by Gasteiger charge is 2.21. The quantitative estimate of drug-likeness (QED) is 0.634. The molecule has 0 saturated carbocycles. The summed E-state index contributed by atoms with van der Waals surface area (Å²) in [6, 6.07) is 11.7. The summed E-state index contributed by atoms with van der Waals surface area (Å²) < 4.78 is 44.0. The van der Waals surface area contributed by atoms with Gasteiger partial charge in [-0.15, -0.1) is 11.3 Å². The summed E-state index contributed by atoms with van der Waals surface area (Å²) >= 11 is 1.35. The second-order valence-electron chi connectivity index (χ2n) is 6.21. The molecule has 2 aromatic heterocycles. The molecule has 3 heterocycles.